The summed E-state index contributed by atoms with van der Waals surface area (Å²) in [7, 11) is 4.07. The van der Waals surface area contributed by atoms with E-state index in [0.29, 0.717) is 13.0 Å². The summed E-state index contributed by atoms with van der Waals surface area (Å²) in [5.41, 5.74) is 0.944. The SMILES string of the molecule is CCCSSCCCCCCCCCCCCC(=O)OCc1cccnc1. The normalized spacial score (nSPS) is 10.9. The lowest BCUT2D eigenvalue weighted by atomic mass is 10.1. The van der Waals surface area contributed by atoms with E-state index in [1.165, 1.54) is 69.3 Å². The van der Waals surface area contributed by atoms with Crippen LogP contribution in [0.2, 0.25) is 0 Å². The van der Waals surface area contributed by atoms with Gasteiger partial charge in [0.25, 0.3) is 0 Å². The highest BCUT2D eigenvalue weighted by Crippen LogP contribution is 2.23. The van der Waals surface area contributed by atoms with Crippen LogP contribution in [-0.4, -0.2) is 22.5 Å². The summed E-state index contributed by atoms with van der Waals surface area (Å²) in [5.74, 6) is 2.51. The van der Waals surface area contributed by atoms with Crippen molar-refractivity contribution in [2.24, 2.45) is 0 Å². The first-order valence-electron chi connectivity index (χ1n) is 10.6. The molecule has 0 amide bonds. The van der Waals surface area contributed by atoms with Crippen LogP contribution in [0.4, 0.5) is 0 Å². The largest absolute Gasteiger partial charge is 0.461 e. The van der Waals surface area contributed by atoms with Gasteiger partial charge in [-0.3, -0.25) is 9.78 Å². The molecular formula is C22H37NO2S2. The molecule has 154 valence electrons. The van der Waals surface area contributed by atoms with E-state index in [1.807, 2.05) is 33.7 Å². The van der Waals surface area contributed by atoms with Crippen molar-refractivity contribution in [3.05, 3.63) is 30.1 Å². The molecule has 0 aliphatic carbocycles. The van der Waals surface area contributed by atoms with Crippen molar-refractivity contribution in [2.75, 3.05) is 11.5 Å². The van der Waals surface area contributed by atoms with Crippen LogP contribution in [0, 0.1) is 0 Å². The molecule has 1 aromatic rings. The average Bonchev–Trinajstić information content (AvgIpc) is 2.70. The number of carbonyl (C=O) groups is 1. The van der Waals surface area contributed by atoms with Crippen molar-refractivity contribution >= 4 is 27.6 Å². The monoisotopic (exact) mass is 411 g/mol. The third kappa shape index (κ3) is 16.0. The van der Waals surface area contributed by atoms with Crippen molar-refractivity contribution in [1.82, 2.24) is 4.98 Å². The van der Waals surface area contributed by atoms with Crippen LogP contribution in [0.3, 0.4) is 0 Å². The molecule has 0 aromatic carbocycles. The molecule has 0 aliphatic heterocycles. The minimum absolute atomic E-state index is 0.0925. The molecule has 5 heteroatoms. The second-order valence-electron chi connectivity index (χ2n) is 6.95. The first kappa shape index (κ1) is 24.4. The molecular weight excluding hydrogens is 374 g/mol. The maximum atomic E-state index is 11.7. The zero-order valence-electron chi connectivity index (χ0n) is 17.0. The Morgan fingerprint density at radius 3 is 2.19 bits per heavy atom. The van der Waals surface area contributed by atoms with Gasteiger partial charge in [-0.25, -0.2) is 0 Å². The fraction of sp³-hybridized carbons (Fsp3) is 0.727. The summed E-state index contributed by atoms with van der Waals surface area (Å²) in [6, 6.07) is 3.78. The van der Waals surface area contributed by atoms with Gasteiger partial charge < -0.3 is 4.74 Å². The summed E-state index contributed by atoms with van der Waals surface area (Å²) in [6.07, 6.45) is 18.1. The lowest BCUT2D eigenvalue weighted by molar-refractivity contribution is -0.145. The average molecular weight is 412 g/mol. The maximum Gasteiger partial charge on any atom is 0.306 e. The van der Waals surface area contributed by atoms with Gasteiger partial charge in [-0.2, -0.15) is 0 Å². The number of pyridine rings is 1. The van der Waals surface area contributed by atoms with Crippen molar-refractivity contribution < 1.29 is 9.53 Å². The van der Waals surface area contributed by atoms with Crippen LogP contribution < -0.4 is 0 Å². The Morgan fingerprint density at radius 2 is 1.56 bits per heavy atom. The number of hydrogen-bond acceptors (Lipinski definition) is 5. The topological polar surface area (TPSA) is 39.2 Å². The molecule has 0 saturated heterocycles. The number of unbranched alkanes of at least 4 members (excludes halogenated alkanes) is 9. The molecule has 0 N–H and O–H groups in total. The molecule has 0 atom stereocenters. The predicted octanol–water partition coefficient (Wildman–Crippen LogP) is 7.21. The number of carbonyl (C=O) groups excluding carboxylic acids is 1. The van der Waals surface area contributed by atoms with E-state index in [-0.39, 0.29) is 5.97 Å². The Bertz CT molecular complexity index is 457. The zero-order chi connectivity index (χ0) is 19.4. The fourth-order valence-corrected chi connectivity index (χ4v) is 5.05. The van der Waals surface area contributed by atoms with Crippen LogP contribution in [0.15, 0.2) is 24.5 Å². The van der Waals surface area contributed by atoms with E-state index in [2.05, 4.69) is 11.9 Å². The molecule has 0 unspecified atom stereocenters. The van der Waals surface area contributed by atoms with Crippen molar-refractivity contribution in [3.8, 4) is 0 Å². The van der Waals surface area contributed by atoms with Gasteiger partial charge in [-0.05, 0) is 25.3 Å². The van der Waals surface area contributed by atoms with E-state index in [9.17, 15) is 4.79 Å². The highest BCUT2D eigenvalue weighted by atomic mass is 33.1. The highest BCUT2D eigenvalue weighted by Gasteiger charge is 2.03. The molecule has 0 radical (unpaired) electrons. The van der Waals surface area contributed by atoms with Gasteiger partial charge in [-0.1, -0.05) is 85.9 Å². The molecule has 1 rings (SSSR count). The predicted molar refractivity (Wildman–Crippen MR) is 120 cm³/mol. The third-order valence-corrected chi connectivity index (χ3v) is 7.05. The molecule has 27 heavy (non-hydrogen) atoms. The van der Waals surface area contributed by atoms with Crippen LogP contribution in [-0.2, 0) is 16.1 Å². The lowest BCUT2D eigenvalue weighted by Gasteiger charge is -2.05. The molecule has 3 nitrogen and oxygen atoms in total. The minimum atomic E-state index is -0.0925. The molecule has 1 aromatic heterocycles. The van der Waals surface area contributed by atoms with Crippen LogP contribution >= 0.6 is 21.6 Å². The Kier molecular flexibility index (Phi) is 16.8. The van der Waals surface area contributed by atoms with E-state index in [4.69, 9.17) is 4.74 Å². The van der Waals surface area contributed by atoms with E-state index in [1.54, 1.807) is 12.4 Å². The van der Waals surface area contributed by atoms with Crippen molar-refractivity contribution in [2.45, 2.75) is 90.6 Å². The number of hydrogen-bond donors (Lipinski definition) is 0. The minimum Gasteiger partial charge on any atom is -0.461 e. The summed E-state index contributed by atoms with van der Waals surface area (Å²) in [6.45, 7) is 2.58. The van der Waals surface area contributed by atoms with Gasteiger partial charge in [0, 0.05) is 35.9 Å². The number of aromatic nitrogens is 1. The Hall–Kier alpha value is -0.680. The highest BCUT2D eigenvalue weighted by molar-refractivity contribution is 8.76. The standard InChI is InChI=1S/C22H37NO2S2/c1-2-17-26-27-18-12-10-8-6-4-3-5-7-9-11-15-22(24)25-20-21-14-13-16-23-19-21/h13-14,16,19H,2-12,15,17-18,20H2,1H3. The molecule has 0 fully saturated rings. The first-order valence-corrected chi connectivity index (χ1v) is 13.1. The third-order valence-electron chi connectivity index (χ3n) is 4.35. The number of rotatable bonds is 18. The molecule has 0 spiro atoms. The van der Waals surface area contributed by atoms with Crippen molar-refractivity contribution in [3.63, 3.8) is 0 Å². The van der Waals surface area contributed by atoms with Crippen molar-refractivity contribution in [1.29, 1.82) is 0 Å². The van der Waals surface area contributed by atoms with Gasteiger partial charge in [0.15, 0.2) is 0 Å². The second-order valence-corrected chi connectivity index (χ2v) is 9.65. The fourth-order valence-electron chi connectivity index (χ4n) is 2.77. The molecule has 0 saturated carbocycles. The smallest absolute Gasteiger partial charge is 0.306 e. The van der Waals surface area contributed by atoms with Crippen LogP contribution in [0.5, 0.6) is 0 Å². The summed E-state index contributed by atoms with van der Waals surface area (Å²) in [4.78, 5) is 15.7. The maximum absolute atomic E-state index is 11.7. The summed E-state index contributed by atoms with van der Waals surface area (Å²) >= 11 is 0. The summed E-state index contributed by atoms with van der Waals surface area (Å²) < 4.78 is 5.27. The lowest BCUT2D eigenvalue weighted by Crippen LogP contribution is -2.04. The number of esters is 1. The Morgan fingerprint density at radius 1 is 0.926 bits per heavy atom. The van der Waals surface area contributed by atoms with Gasteiger partial charge in [0.2, 0.25) is 0 Å². The van der Waals surface area contributed by atoms with Gasteiger partial charge in [0.05, 0.1) is 0 Å². The van der Waals surface area contributed by atoms with E-state index >= 15 is 0 Å². The van der Waals surface area contributed by atoms with E-state index in [0.717, 1.165) is 18.4 Å². The van der Waals surface area contributed by atoms with Gasteiger partial charge in [0.1, 0.15) is 6.61 Å². The molecule has 1 heterocycles. The number of nitrogens with zero attached hydrogens (tertiary/aromatic N) is 1. The Balaban J connectivity index is 1.77. The van der Waals surface area contributed by atoms with Gasteiger partial charge >= 0.3 is 5.97 Å². The molecule has 0 aliphatic rings. The summed E-state index contributed by atoms with van der Waals surface area (Å²) in [5, 5.41) is 0. The van der Waals surface area contributed by atoms with Gasteiger partial charge in [-0.15, -0.1) is 0 Å². The quantitative estimate of drug-likeness (QED) is 0.145. The molecule has 0 bridgehead atoms. The Labute approximate surface area is 174 Å². The van der Waals surface area contributed by atoms with Crippen LogP contribution in [0.25, 0.3) is 0 Å². The first-order chi connectivity index (χ1) is 13.3. The van der Waals surface area contributed by atoms with Crippen LogP contribution in [0.1, 0.15) is 89.5 Å². The van der Waals surface area contributed by atoms with E-state index < -0.39 is 0 Å². The zero-order valence-corrected chi connectivity index (χ0v) is 18.6. The number of ether oxygens (including phenoxy) is 1. The second kappa shape index (κ2) is 18.7.